The van der Waals surface area contributed by atoms with Crippen LogP contribution in [0.4, 0.5) is 4.79 Å². The summed E-state index contributed by atoms with van der Waals surface area (Å²) in [6, 6.07) is 9.76. The van der Waals surface area contributed by atoms with E-state index in [1.165, 1.54) is 0 Å². The summed E-state index contributed by atoms with van der Waals surface area (Å²) < 4.78 is 22.1. The fraction of sp³-hybridized carbons (Fsp3) is 0.423. The Kier molecular flexibility index (Phi) is 6.11. The summed E-state index contributed by atoms with van der Waals surface area (Å²) >= 11 is 0. The molecule has 2 aromatic rings. The van der Waals surface area contributed by atoms with Gasteiger partial charge in [-0.25, -0.2) is 4.79 Å². The van der Waals surface area contributed by atoms with Crippen molar-refractivity contribution in [3.63, 3.8) is 0 Å². The van der Waals surface area contributed by atoms with E-state index < -0.39 is 17.5 Å². The van der Waals surface area contributed by atoms with E-state index in [9.17, 15) is 14.4 Å². The molecule has 3 heterocycles. The lowest BCUT2D eigenvalue weighted by Gasteiger charge is -2.28. The smallest absolute Gasteiger partial charge is 0.325 e. The topological polar surface area (TPSA) is 107 Å². The summed E-state index contributed by atoms with van der Waals surface area (Å²) in [6.07, 6.45) is 1.54. The molecule has 5 rings (SSSR count). The Hall–Kier alpha value is -3.95. The first-order chi connectivity index (χ1) is 17.4. The number of fused-ring (bicyclic) bond motifs is 1. The molecule has 1 N–H and O–H groups in total. The highest BCUT2D eigenvalue weighted by Gasteiger charge is 2.50. The molecule has 2 fully saturated rings. The van der Waals surface area contributed by atoms with Crippen molar-refractivity contribution in [2.45, 2.75) is 31.3 Å². The summed E-state index contributed by atoms with van der Waals surface area (Å²) in [4.78, 5) is 42.4. The van der Waals surface area contributed by atoms with Gasteiger partial charge in [0.1, 0.15) is 36.8 Å². The minimum atomic E-state index is -1.33. The molecule has 36 heavy (non-hydrogen) atoms. The monoisotopic (exact) mass is 495 g/mol. The van der Waals surface area contributed by atoms with E-state index in [-0.39, 0.29) is 18.5 Å². The SMILES string of the molecule is COc1ccc(OC)c([C@@H]2CCCN2C(=O)CN2C(=O)N[C@@](C)(c3ccc4c(c3)OCCO4)C2=O)c1. The summed E-state index contributed by atoms with van der Waals surface area (Å²) in [6.45, 7) is 2.65. The van der Waals surface area contributed by atoms with Crippen LogP contribution >= 0.6 is 0 Å². The first-order valence-electron chi connectivity index (χ1n) is 11.9. The zero-order valence-corrected chi connectivity index (χ0v) is 20.5. The van der Waals surface area contributed by atoms with Gasteiger partial charge < -0.3 is 29.2 Å². The average molecular weight is 496 g/mol. The molecule has 0 aliphatic carbocycles. The molecule has 4 amide bonds. The number of hydrogen-bond acceptors (Lipinski definition) is 7. The Morgan fingerprint density at radius 3 is 2.61 bits per heavy atom. The maximum atomic E-state index is 13.5. The maximum Gasteiger partial charge on any atom is 0.325 e. The molecule has 2 aromatic carbocycles. The predicted molar refractivity (Wildman–Crippen MR) is 128 cm³/mol. The van der Waals surface area contributed by atoms with Crippen molar-refractivity contribution in [1.29, 1.82) is 0 Å². The Bertz CT molecular complexity index is 1220. The van der Waals surface area contributed by atoms with Crippen LogP contribution in [0.15, 0.2) is 36.4 Å². The lowest BCUT2D eigenvalue weighted by atomic mass is 9.91. The molecule has 0 saturated carbocycles. The van der Waals surface area contributed by atoms with Gasteiger partial charge in [-0.1, -0.05) is 6.07 Å². The van der Waals surface area contributed by atoms with Crippen LogP contribution in [0.5, 0.6) is 23.0 Å². The average Bonchev–Trinajstić information content (AvgIpc) is 3.47. The number of ether oxygens (including phenoxy) is 4. The number of amides is 4. The number of imide groups is 1. The molecule has 0 aromatic heterocycles. The van der Waals surface area contributed by atoms with E-state index in [0.29, 0.717) is 48.3 Å². The second-order valence-electron chi connectivity index (χ2n) is 9.16. The molecular weight excluding hydrogens is 466 g/mol. The van der Waals surface area contributed by atoms with E-state index in [1.54, 1.807) is 50.3 Å². The largest absolute Gasteiger partial charge is 0.497 e. The summed E-state index contributed by atoms with van der Waals surface area (Å²) in [5.74, 6) is 1.62. The molecule has 0 unspecified atom stereocenters. The van der Waals surface area contributed by atoms with E-state index in [0.717, 1.165) is 23.3 Å². The van der Waals surface area contributed by atoms with Crippen molar-refractivity contribution >= 4 is 17.8 Å². The molecule has 3 aliphatic heterocycles. The van der Waals surface area contributed by atoms with Crippen LogP contribution in [-0.2, 0) is 15.1 Å². The highest BCUT2D eigenvalue weighted by Crippen LogP contribution is 2.40. The fourth-order valence-electron chi connectivity index (χ4n) is 5.11. The fourth-order valence-corrected chi connectivity index (χ4v) is 5.11. The van der Waals surface area contributed by atoms with Gasteiger partial charge in [-0.05, 0) is 55.7 Å². The number of carbonyl (C=O) groups excluding carboxylic acids is 3. The molecule has 2 saturated heterocycles. The minimum absolute atomic E-state index is 0.243. The lowest BCUT2D eigenvalue weighted by Crippen LogP contribution is -2.44. The zero-order valence-electron chi connectivity index (χ0n) is 20.5. The molecule has 190 valence electrons. The predicted octanol–water partition coefficient (Wildman–Crippen LogP) is 2.61. The van der Waals surface area contributed by atoms with Gasteiger partial charge in [-0.15, -0.1) is 0 Å². The molecule has 2 atom stereocenters. The number of benzene rings is 2. The van der Waals surface area contributed by atoms with Gasteiger partial charge in [0.15, 0.2) is 11.5 Å². The quantitative estimate of drug-likeness (QED) is 0.614. The first kappa shape index (κ1) is 23.8. The summed E-state index contributed by atoms with van der Waals surface area (Å²) in [5.41, 5.74) is 0.0643. The van der Waals surface area contributed by atoms with Crippen molar-refractivity contribution in [1.82, 2.24) is 15.1 Å². The Morgan fingerprint density at radius 1 is 1.08 bits per heavy atom. The Labute approximate surface area is 209 Å². The van der Waals surface area contributed by atoms with Crippen LogP contribution in [-0.4, -0.2) is 68.2 Å². The van der Waals surface area contributed by atoms with Crippen LogP contribution < -0.4 is 24.3 Å². The molecule has 0 radical (unpaired) electrons. The van der Waals surface area contributed by atoms with E-state index in [4.69, 9.17) is 18.9 Å². The minimum Gasteiger partial charge on any atom is -0.497 e. The number of likely N-dealkylation sites (tertiary alicyclic amines) is 1. The van der Waals surface area contributed by atoms with Gasteiger partial charge in [0, 0.05) is 12.1 Å². The summed E-state index contributed by atoms with van der Waals surface area (Å²) in [5, 5.41) is 2.76. The third-order valence-corrected chi connectivity index (χ3v) is 7.06. The van der Waals surface area contributed by atoms with Crippen LogP contribution in [0.2, 0.25) is 0 Å². The number of methoxy groups -OCH3 is 2. The van der Waals surface area contributed by atoms with Crippen molar-refractivity contribution in [2.75, 3.05) is 40.5 Å². The van der Waals surface area contributed by atoms with E-state index in [1.807, 2.05) is 12.1 Å². The second-order valence-corrected chi connectivity index (χ2v) is 9.16. The van der Waals surface area contributed by atoms with Crippen molar-refractivity contribution in [3.8, 4) is 23.0 Å². The van der Waals surface area contributed by atoms with Gasteiger partial charge >= 0.3 is 6.03 Å². The third-order valence-electron chi connectivity index (χ3n) is 7.06. The molecular formula is C26H29N3O7. The third kappa shape index (κ3) is 3.96. The van der Waals surface area contributed by atoms with E-state index >= 15 is 0 Å². The van der Waals surface area contributed by atoms with E-state index in [2.05, 4.69) is 5.32 Å². The van der Waals surface area contributed by atoms with Gasteiger partial charge in [-0.2, -0.15) is 0 Å². The molecule has 0 bridgehead atoms. The van der Waals surface area contributed by atoms with Gasteiger partial charge in [-0.3, -0.25) is 14.5 Å². The maximum absolute atomic E-state index is 13.5. The summed E-state index contributed by atoms with van der Waals surface area (Å²) in [7, 11) is 3.16. The van der Waals surface area contributed by atoms with Crippen LogP contribution in [0, 0.1) is 0 Å². The van der Waals surface area contributed by atoms with Crippen molar-refractivity contribution < 1.29 is 33.3 Å². The van der Waals surface area contributed by atoms with Crippen molar-refractivity contribution in [3.05, 3.63) is 47.5 Å². The highest BCUT2D eigenvalue weighted by atomic mass is 16.6. The lowest BCUT2D eigenvalue weighted by molar-refractivity contribution is -0.139. The number of carbonyl (C=O) groups is 3. The Balaban J connectivity index is 1.36. The molecule has 10 heteroatoms. The number of nitrogens with zero attached hydrogens (tertiary/aromatic N) is 2. The van der Waals surface area contributed by atoms with Crippen LogP contribution in [0.1, 0.15) is 36.9 Å². The highest BCUT2D eigenvalue weighted by molar-refractivity contribution is 6.09. The normalized spacial score (nSPS) is 23.0. The van der Waals surface area contributed by atoms with Crippen molar-refractivity contribution in [2.24, 2.45) is 0 Å². The second kappa shape index (κ2) is 9.25. The van der Waals surface area contributed by atoms with Gasteiger partial charge in [0.2, 0.25) is 5.91 Å². The molecule has 10 nitrogen and oxygen atoms in total. The van der Waals surface area contributed by atoms with Crippen LogP contribution in [0.25, 0.3) is 0 Å². The molecule has 0 spiro atoms. The Morgan fingerprint density at radius 2 is 1.86 bits per heavy atom. The standard InChI is InChI=1S/C26H29N3O7/c1-26(16-6-8-21-22(13-16)36-12-11-35-21)24(31)29(25(32)27-26)15-23(30)28-10-4-5-19(28)18-14-17(33-2)7-9-20(18)34-3/h6-9,13-14,19H,4-5,10-12,15H2,1-3H3,(H,27,32)/t19-,26-/m0/s1. The number of urea groups is 1. The van der Waals surface area contributed by atoms with Gasteiger partial charge in [0.05, 0.1) is 20.3 Å². The molecule has 3 aliphatic rings. The van der Waals surface area contributed by atoms with Crippen LogP contribution in [0.3, 0.4) is 0 Å². The first-order valence-corrected chi connectivity index (χ1v) is 11.9. The van der Waals surface area contributed by atoms with Gasteiger partial charge in [0.25, 0.3) is 5.91 Å². The number of rotatable bonds is 6. The number of hydrogen-bond donors (Lipinski definition) is 1. The zero-order chi connectivity index (χ0) is 25.4. The number of nitrogens with one attached hydrogen (secondary N) is 1.